The predicted molar refractivity (Wildman–Crippen MR) is 82.5 cm³/mol. The zero-order valence-electron chi connectivity index (χ0n) is 13.6. The fourth-order valence-corrected chi connectivity index (χ4v) is 2.51. The summed E-state index contributed by atoms with van der Waals surface area (Å²) in [5.74, 6) is -0.668. The second kappa shape index (κ2) is 8.56. The van der Waals surface area contributed by atoms with Crippen molar-refractivity contribution in [3.8, 4) is 5.75 Å². The number of aliphatic hydroxyl groups excluding tert-OH is 4. The van der Waals surface area contributed by atoms with Crippen molar-refractivity contribution >= 4 is 5.97 Å². The number of hydrogen-bond acceptors (Lipinski definition) is 9. The van der Waals surface area contributed by atoms with Gasteiger partial charge in [0.05, 0.1) is 13.7 Å². The van der Waals surface area contributed by atoms with Crippen LogP contribution in [0, 0.1) is 0 Å². The minimum Gasteiger partial charge on any atom is -0.508 e. The van der Waals surface area contributed by atoms with Gasteiger partial charge >= 0.3 is 5.97 Å². The van der Waals surface area contributed by atoms with E-state index in [2.05, 4.69) is 4.74 Å². The highest BCUT2D eigenvalue weighted by atomic mass is 16.7. The van der Waals surface area contributed by atoms with Crippen LogP contribution in [0.25, 0.3) is 0 Å². The maximum Gasteiger partial charge on any atom is 0.335 e. The minimum absolute atomic E-state index is 0.0575. The fraction of sp³-hybridized carbons (Fsp3) is 0.562. The molecule has 2 rings (SSSR count). The van der Waals surface area contributed by atoms with Gasteiger partial charge in [-0.05, 0) is 17.7 Å². The largest absolute Gasteiger partial charge is 0.508 e. The van der Waals surface area contributed by atoms with Crippen molar-refractivity contribution in [3.63, 3.8) is 0 Å². The fourth-order valence-electron chi connectivity index (χ4n) is 2.51. The van der Waals surface area contributed by atoms with Crippen LogP contribution in [0.4, 0.5) is 0 Å². The van der Waals surface area contributed by atoms with E-state index in [1.54, 1.807) is 12.1 Å². The second-order valence-electron chi connectivity index (χ2n) is 5.72. The highest BCUT2D eigenvalue weighted by molar-refractivity contribution is 5.75. The van der Waals surface area contributed by atoms with Crippen molar-refractivity contribution in [2.75, 3.05) is 13.7 Å². The summed E-state index contributed by atoms with van der Waals surface area (Å²) < 4.78 is 15.4. The first-order valence-corrected chi connectivity index (χ1v) is 7.69. The first kappa shape index (κ1) is 19.6. The van der Waals surface area contributed by atoms with Gasteiger partial charge in [0, 0.05) is 6.42 Å². The normalized spacial score (nSPS) is 30.7. The zero-order chi connectivity index (χ0) is 18.6. The van der Waals surface area contributed by atoms with E-state index >= 15 is 0 Å². The Balaban J connectivity index is 2.12. The number of rotatable bonds is 6. The maximum atomic E-state index is 12.0. The summed E-state index contributed by atoms with van der Waals surface area (Å²) in [7, 11) is 1.17. The Morgan fingerprint density at radius 3 is 2.36 bits per heavy atom. The van der Waals surface area contributed by atoms with E-state index in [-0.39, 0.29) is 12.2 Å². The van der Waals surface area contributed by atoms with Gasteiger partial charge in [-0.2, -0.15) is 0 Å². The van der Waals surface area contributed by atoms with Crippen LogP contribution in [-0.4, -0.2) is 82.0 Å². The molecular weight excluding hydrogens is 336 g/mol. The SMILES string of the molecule is COC(=O)C(Cc1ccc(O)cc1)O[C@@H]1O[C@@H](CO)[C@H](O)[C@@H](O)[C@@H]1O. The molecule has 1 unspecified atom stereocenters. The average molecular weight is 358 g/mol. The van der Waals surface area contributed by atoms with Crippen LogP contribution in [0.15, 0.2) is 24.3 Å². The van der Waals surface area contributed by atoms with Crippen LogP contribution in [0.2, 0.25) is 0 Å². The quantitative estimate of drug-likeness (QED) is 0.375. The number of ether oxygens (including phenoxy) is 3. The Bertz CT molecular complexity index is 559. The molecule has 1 heterocycles. The van der Waals surface area contributed by atoms with Crippen molar-refractivity contribution in [2.45, 2.75) is 43.2 Å². The van der Waals surface area contributed by atoms with Crippen LogP contribution in [0.3, 0.4) is 0 Å². The first-order valence-electron chi connectivity index (χ1n) is 7.69. The Kier molecular flexibility index (Phi) is 6.71. The predicted octanol–water partition coefficient (Wildman–Crippen LogP) is -1.71. The average Bonchev–Trinajstić information content (AvgIpc) is 2.62. The zero-order valence-corrected chi connectivity index (χ0v) is 13.6. The Morgan fingerprint density at radius 2 is 1.80 bits per heavy atom. The van der Waals surface area contributed by atoms with Crippen molar-refractivity contribution in [1.82, 2.24) is 0 Å². The molecule has 0 radical (unpaired) electrons. The molecule has 1 aromatic rings. The van der Waals surface area contributed by atoms with Gasteiger partial charge in [-0.1, -0.05) is 12.1 Å². The molecule has 5 N–H and O–H groups in total. The summed E-state index contributed by atoms with van der Waals surface area (Å²) in [6.07, 6.45) is -8.45. The topological polar surface area (TPSA) is 146 Å². The molecule has 0 amide bonds. The molecule has 1 aliphatic heterocycles. The summed E-state index contributed by atoms with van der Waals surface area (Å²) in [5, 5.41) is 48.0. The Labute approximate surface area is 144 Å². The van der Waals surface area contributed by atoms with Crippen molar-refractivity contribution < 1.29 is 44.5 Å². The third-order valence-corrected chi connectivity index (χ3v) is 3.97. The number of carbonyl (C=O) groups excluding carboxylic acids is 1. The molecule has 0 bridgehead atoms. The van der Waals surface area contributed by atoms with Gasteiger partial charge in [0.15, 0.2) is 12.4 Å². The lowest BCUT2D eigenvalue weighted by Crippen LogP contribution is -2.60. The van der Waals surface area contributed by atoms with E-state index < -0.39 is 49.4 Å². The molecule has 0 saturated carbocycles. The number of hydrogen-bond donors (Lipinski definition) is 5. The highest BCUT2D eigenvalue weighted by Gasteiger charge is 2.45. The van der Waals surface area contributed by atoms with Gasteiger partial charge in [-0.3, -0.25) is 0 Å². The van der Waals surface area contributed by atoms with Crippen molar-refractivity contribution in [3.05, 3.63) is 29.8 Å². The summed E-state index contributed by atoms with van der Waals surface area (Å²) in [6.45, 7) is -0.605. The van der Waals surface area contributed by atoms with E-state index in [0.29, 0.717) is 5.56 Å². The Morgan fingerprint density at radius 1 is 1.16 bits per heavy atom. The number of esters is 1. The third kappa shape index (κ3) is 4.66. The van der Waals surface area contributed by atoms with Gasteiger partial charge in [0.25, 0.3) is 0 Å². The number of carbonyl (C=O) groups is 1. The number of phenols is 1. The lowest BCUT2D eigenvalue weighted by atomic mass is 9.99. The van der Waals surface area contributed by atoms with Crippen LogP contribution >= 0.6 is 0 Å². The van der Waals surface area contributed by atoms with E-state index in [1.165, 1.54) is 19.2 Å². The van der Waals surface area contributed by atoms with Gasteiger partial charge in [-0.15, -0.1) is 0 Å². The molecule has 1 fully saturated rings. The number of phenolic OH excluding ortho intramolecular Hbond substituents is 1. The first-order chi connectivity index (χ1) is 11.9. The number of aliphatic hydroxyl groups is 4. The number of benzene rings is 1. The molecule has 140 valence electrons. The van der Waals surface area contributed by atoms with Crippen LogP contribution in [0.5, 0.6) is 5.75 Å². The molecule has 9 nitrogen and oxygen atoms in total. The van der Waals surface area contributed by atoms with E-state index in [9.17, 15) is 30.3 Å². The molecule has 0 aliphatic carbocycles. The van der Waals surface area contributed by atoms with Crippen molar-refractivity contribution in [2.24, 2.45) is 0 Å². The number of methoxy groups -OCH3 is 1. The lowest BCUT2D eigenvalue weighted by molar-refractivity contribution is -0.310. The summed E-state index contributed by atoms with van der Waals surface area (Å²) in [6, 6.07) is 6.05. The molecule has 1 aromatic carbocycles. The molecule has 0 aromatic heterocycles. The highest BCUT2D eigenvalue weighted by Crippen LogP contribution is 2.24. The molecule has 0 spiro atoms. The maximum absolute atomic E-state index is 12.0. The molecule has 1 saturated heterocycles. The molecule has 25 heavy (non-hydrogen) atoms. The second-order valence-corrected chi connectivity index (χ2v) is 5.72. The van der Waals surface area contributed by atoms with Crippen molar-refractivity contribution in [1.29, 1.82) is 0 Å². The third-order valence-electron chi connectivity index (χ3n) is 3.97. The monoisotopic (exact) mass is 358 g/mol. The lowest BCUT2D eigenvalue weighted by Gasteiger charge is -2.40. The van der Waals surface area contributed by atoms with Gasteiger partial charge in [-0.25, -0.2) is 4.79 Å². The van der Waals surface area contributed by atoms with Gasteiger partial charge in [0.2, 0.25) is 0 Å². The Hall–Kier alpha value is -1.75. The summed E-state index contributed by atoms with van der Waals surface area (Å²) >= 11 is 0. The van der Waals surface area contributed by atoms with Gasteiger partial charge < -0.3 is 39.7 Å². The smallest absolute Gasteiger partial charge is 0.335 e. The van der Waals surface area contributed by atoms with E-state index in [0.717, 1.165) is 0 Å². The molecular formula is C16H22O9. The molecule has 1 aliphatic rings. The van der Waals surface area contributed by atoms with E-state index in [4.69, 9.17) is 9.47 Å². The summed E-state index contributed by atoms with van der Waals surface area (Å²) in [5.41, 5.74) is 0.651. The molecule has 9 heteroatoms. The minimum atomic E-state index is -1.62. The van der Waals surface area contributed by atoms with Gasteiger partial charge in [0.1, 0.15) is 30.2 Å². The summed E-state index contributed by atoms with van der Waals surface area (Å²) in [4.78, 5) is 12.0. The van der Waals surface area contributed by atoms with E-state index in [1.807, 2.05) is 0 Å². The van der Waals surface area contributed by atoms with Crippen LogP contribution < -0.4 is 0 Å². The van der Waals surface area contributed by atoms with Crippen LogP contribution in [0.1, 0.15) is 5.56 Å². The number of aromatic hydroxyl groups is 1. The molecule has 6 atom stereocenters. The van der Waals surface area contributed by atoms with Crippen LogP contribution in [-0.2, 0) is 25.4 Å². The standard InChI is InChI=1S/C16H22O9/c1-23-15(22)10(6-8-2-4-9(18)5-3-8)24-16-14(21)13(20)12(19)11(7-17)25-16/h2-5,10-14,16-21H,6-7H2,1H3/t10?,11-,12-,13+,14-,16+/m0/s1.